The van der Waals surface area contributed by atoms with Gasteiger partial charge in [-0.1, -0.05) is 6.07 Å². The summed E-state index contributed by atoms with van der Waals surface area (Å²) in [4.78, 5) is 28.9. The maximum absolute atomic E-state index is 12.9. The van der Waals surface area contributed by atoms with Crippen molar-refractivity contribution < 1.29 is 23.8 Å². The van der Waals surface area contributed by atoms with Crippen molar-refractivity contribution in [2.45, 2.75) is 38.6 Å². The second-order valence-electron chi connectivity index (χ2n) is 7.64. The predicted molar refractivity (Wildman–Crippen MR) is 109 cm³/mol. The summed E-state index contributed by atoms with van der Waals surface area (Å²) >= 11 is 0. The molecule has 0 aromatic heterocycles. The van der Waals surface area contributed by atoms with Crippen molar-refractivity contribution in [2.24, 2.45) is 5.92 Å². The third-order valence-electron chi connectivity index (χ3n) is 5.97. The minimum Gasteiger partial charge on any atom is -0.497 e. The Morgan fingerprint density at radius 1 is 1.07 bits per heavy atom. The molecule has 0 unspecified atom stereocenters. The Morgan fingerprint density at radius 3 is 2.48 bits per heavy atom. The largest absolute Gasteiger partial charge is 0.497 e. The second-order valence-corrected chi connectivity index (χ2v) is 7.64. The van der Waals surface area contributed by atoms with Crippen LogP contribution < -0.4 is 9.47 Å². The monoisotopic (exact) mass is 404 g/mol. The van der Waals surface area contributed by atoms with Gasteiger partial charge in [-0.25, -0.2) is 0 Å². The maximum Gasteiger partial charge on any atom is 0.309 e. The van der Waals surface area contributed by atoms with E-state index in [9.17, 15) is 9.59 Å². The molecule has 3 rings (SSSR count). The number of benzene rings is 1. The Morgan fingerprint density at radius 2 is 1.83 bits per heavy atom. The lowest BCUT2D eigenvalue weighted by Gasteiger charge is -2.33. The van der Waals surface area contributed by atoms with Crippen LogP contribution >= 0.6 is 0 Å². The van der Waals surface area contributed by atoms with Gasteiger partial charge in [-0.15, -0.1) is 0 Å². The highest BCUT2D eigenvalue weighted by Crippen LogP contribution is 2.38. The van der Waals surface area contributed by atoms with Crippen molar-refractivity contribution in [2.75, 3.05) is 47.0 Å². The van der Waals surface area contributed by atoms with E-state index < -0.39 is 0 Å². The van der Waals surface area contributed by atoms with Crippen LogP contribution in [-0.4, -0.2) is 68.7 Å². The van der Waals surface area contributed by atoms with E-state index in [2.05, 4.69) is 4.90 Å². The summed E-state index contributed by atoms with van der Waals surface area (Å²) in [5.41, 5.74) is 1.10. The zero-order chi connectivity index (χ0) is 20.8. The fraction of sp³-hybridized carbons (Fsp3) is 0.636. The first-order valence-electron chi connectivity index (χ1n) is 10.5. The number of rotatable bonds is 7. The van der Waals surface area contributed by atoms with E-state index in [1.54, 1.807) is 14.2 Å². The highest BCUT2D eigenvalue weighted by molar-refractivity contribution is 5.79. The fourth-order valence-electron chi connectivity index (χ4n) is 4.36. The lowest BCUT2D eigenvalue weighted by Crippen LogP contribution is -2.45. The summed E-state index contributed by atoms with van der Waals surface area (Å²) < 4.78 is 16.0. The van der Waals surface area contributed by atoms with Gasteiger partial charge in [0.05, 0.1) is 33.3 Å². The van der Waals surface area contributed by atoms with Crippen LogP contribution in [0.15, 0.2) is 18.2 Å². The Labute approximate surface area is 172 Å². The summed E-state index contributed by atoms with van der Waals surface area (Å²) in [6.07, 6.45) is 3.42. The van der Waals surface area contributed by atoms with Gasteiger partial charge in [0.2, 0.25) is 5.91 Å². The Kier molecular flexibility index (Phi) is 7.36. The summed E-state index contributed by atoms with van der Waals surface area (Å²) in [6, 6.07) is 6.04. The normalized spacial score (nSPS) is 20.5. The number of carbonyl (C=O) groups is 2. The molecule has 160 valence electrons. The molecule has 7 heteroatoms. The number of hydrogen-bond acceptors (Lipinski definition) is 6. The second kappa shape index (κ2) is 9.96. The van der Waals surface area contributed by atoms with E-state index in [1.165, 1.54) is 0 Å². The third-order valence-corrected chi connectivity index (χ3v) is 5.97. The van der Waals surface area contributed by atoms with E-state index in [0.29, 0.717) is 39.1 Å². The first kappa shape index (κ1) is 21.4. The quantitative estimate of drug-likeness (QED) is 0.651. The summed E-state index contributed by atoms with van der Waals surface area (Å²) in [5, 5.41) is 0. The number of ether oxygens (including phenoxy) is 3. The average molecular weight is 405 g/mol. The van der Waals surface area contributed by atoms with Gasteiger partial charge >= 0.3 is 5.97 Å². The fourth-order valence-corrected chi connectivity index (χ4v) is 4.36. The summed E-state index contributed by atoms with van der Waals surface area (Å²) in [5.74, 6) is 1.47. The predicted octanol–water partition coefficient (Wildman–Crippen LogP) is 2.64. The van der Waals surface area contributed by atoms with Gasteiger partial charge in [0.25, 0.3) is 0 Å². The smallest absolute Gasteiger partial charge is 0.309 e. The summed E-state index contributed by atoms with van der Waals surface area (Å²) in [7, 11) is 3.30. The van der Waals surface area contributed by atoms with Crippen LogP contribution in [-0.2, 0) is 14.3 Å². The number of piperidine rings is 1. The zero-order valence-electron chi connectivity index (χ0n) is 17.7. The molecule has 2 saturated heterocycles. The Balaban J connectivity index is 1.60. The number of amides is 1. The lowest BCUT2D eigenvalue weighted by molar-refractivity contribution is -0.151. The van der Waals surface area contributed by atoms with Crippen LogP contribution in [0.2, 0.25) is 0 Å². The van der Waals surface area contributed by atoms with Crippen molar-refractivity contribution in [1.82, 2.24) is 9.80 Å². The highest BCUT2D eigenvalue weighted by atomic mass is 16.5. The average Bonchev–Trinajstić information content (AvgIpc) is 3.21. The molecule has 0 N–H and O–H groups in total. The van der Waals surface area contributed by atoms with Gasteiger partial charge in [-0.2, -0.15) is 0 Å². The first-order valence-corrected chi connectivity index (χ1v) is 10.5. The van der Waals surface area contributed by atoms with Gasteiger partial charge < -0.3 is 19.1 Å². The molecule has 2 aliphatic heterocycles. The molecule has 1 aromatic carbocycles. The number of esters is 1. The molecule has 2 fully saturated rings. The zero-order valence-corrected chi connectivity index (χ0v) is 17.7. The Hall–Kier alpha value is -2.28. The molecule has 0 bridgehead atoms. The Bertz CT molecular complexity index is 715. The number of nitrogens with zero attached hydrogens (tertiary/aromatic N) is 2. The topological polar surface area (TPSA) is 68.3 Å². The van der Waals surface area contributed by atoms with Crippen LogP contribution in [0.25, 0.3) is 0 Å². The molecule has 7 nitrogen and oxygen atoms in total. The van der Waals surface area contributed by atoms with Gasteiger partial charge in [0.1, 0.15) is 11.5 Å². The number of carbonyl (C=O) groups excluding carboxylic acids is 2. The minimum atomic E-state index is -0.134. The van der Waals surface area contributed by atoms with Gasteiger partial charge in [0.15, 0.2) is 0 Å². The van der Waals surface area contributed by atoms with Crippen LogP contribution in [0.3, 0.4) is 0 Å². The van der Waals surface area contributed by atoms with E-state index in [1.807, 2.05) is 30.0 Å². The molecule has 1 amide bonds. The maximum atomic E-state index is 12.9. The minimum absolute atomic E-state index is 0.0814. The molecule has 1 aromatic rings. The molecule has 0 spiro atoms. The van der Waals surface area contributed by atoms with Crippen molar-refractivity contribution in [3.63, 3.8) is 0 Å². The standard InChI is InChI=1S/C22H32N2O5/c1-4-29-22(26)16-9-12-23(13-10-16)21(25)15-24-11-5-6-19(24)18-8-7-17(27-2)14-20(18)28-3/h7-8,14,16,19H,4-6,9-13,15H2,1-3H3/t19-/m0/s1. The summed E-state index contributed by atoms with van der Waals surface area (Å²) in [6.45, 7) is 4.75. The SMILES string of the molecule is CCOC(=O)C1CCN(C(=O)CN2CCC[C@H]2c2ccc(OC)cc2OC)CC1. The molecular weight excluding hydrogens is 372 g/mol. The van der Waals surface area contributed by atoms with E-state index in [0.717, 1.165) is 36.4 Å². The first-order chi connectivity index (χ1) is 14.1. The van der Waals surface area contributed by atoms with E-state index in [4.69, 9.17) is 14.2 Å². The van der Waals surface area contributed by atoms with Gasteiger partial charge in [0, 0.05) is 30.8 Å². The van der Waals surface area contributed by atoms with E-state index >= 15 is 0 Å². The molecule has 0 aliphatic carbocycles. The van der Waals surface area contributed by atoms with Crippen molar-refractivity contribution in [3.8, 4) is 11.5 Å². The van der Waals surface area contributed by atoms with E-state index in [-0.39, 0.29) is 23.8 Å². The van der Waals surface area contributed by atoms with Gasteiger partial charge in [-0.3, -0.25) is 14.5 Å². The molecule has 1 atom stereocenters. The number of methoxy groups -OCH3 is 2. The van der Waals surface area contributed by atoms with Gasteiger partial charge in [-0.05, 0) is 45.2 Å². The van der Waals surface area contributed by atoms with Crippen LogP contribution in [0.5, 0.6) is 11.5 Å². The molecule has 2 heterocycles. The third kappa shape index (κ3) is 5.01. The molecular formula is C22H32N2O5. The molecule has 0 radical (unpaired) electrons. The number of likely N-dealkylation sites (tertiary alicyclic amines) is 2. The van der Waals surface area contributed by atoms with Crippen LogP contribution in [0.4, 0.5) is 0 Å². The molecule has 2 aliphatic rings. The van der Waals surface area contributed by atoms with Crippen molar-refractivity contribution in [3.05, 3.63) is 23.8 Å². The highest BCUT2D eigenvalue weighted by Gasteiger charge is 2.33. The van der Waals surface area contributed by atoms with Crippen molar-refractivity contribution in [1.29, 1.82) is 0 Å². The van der Waals surface area contributed by atoms with Crippen molar-refractivity contribution >= 4 is 11.9 Å². The lowest BCUT2D eigenvalue weighted by atomic mass is 9.97. The van der Waals surface area contributed by atoms with Crippen LogP contribution in [0, 0.1) is 5.92 Å². The number of hydrogen-bond donors (Lipinski definition) is 0. The van der Waals surface area contributed by atoms with Crippen LogP contribution in [0.1, 0.15) is 44.2 Å². The molecule has 0 saturated carbocycles. The molecule has 29 heavy (non-hydrogen) atoms.